The number of hydrogen-bond acceptors (Lipinski definition) is 4. The molecule has 3 rings (SSSR count). The first-order chi connectivity index (χ1) is 10.6. The smallest absolute Gasteiger partial charge is 0.240 e. The van der Waals surface area contributed by atoms with E-state index in [-0.39, 0.29) is 18.1 Å². The summed E-state index contributed by atoms with van der Waals surface area (Å²) in [5.41, 5.74) is 0.977. The van der Waals surface area contributed by atoms with E-state index in [4.69, 9.17) is 4.74 Å². The highest BCUT2D eigenvalue weighted by Gasteiger charge is 2.30. The van der Waals surface area contributed by atoms with Crippen LogP contribution in [-0.4, -0.2) is 37.4 Å². The zero-order valence-electron chi connectivity index (χ0n) is 12.9. The van der Waals surface area contributed by atoms with Gasteiger partial charge in [0.05, 0.1) is 24.8 Å². The Morgan fingerprint density at radius 1 is 1.45 bits per heavy atom. The summed E-state index contributed by atoms with van der Waals surface area (Å²) in [6.07, 6.45) is 9.92. The molecule has 0 bridgehead atoms. The molecule has 1 aliphatic rings. The highest BCUT2D eigenvalue weighted by molar-refractivity contribution is 5.76. The Morgan fingerprint density at radius 2 is 2.32 bits per heavy atom. The van der Waals surface area contributed by atoms with Crippen LogP contribution in [0.4, 0.5) is 0 Å². The van der Waals surface area contributed by atoms with Crippen molar-refractivity contribution in [3.05, 3.63) is 30.6 Å². The number of aryl methyl sites for hydroxylation is 2. The molecule has 22 heavy (non-hydrogen) atoms. The van der Waals surface area contributed by atoms with Crippen molar-refractivity contribution in [3.63, 3.8) is 0 Å². The second-order valence-corrected chi connectivity index (χ2v) is 5.77. The number of carbonyl (C=O) groups excluding carboxylic acids is 1. The van der Waals surface area contributed by atoms with Gasteiger partial charge in [-0.15, -0.1) is 0 Å². The van der Waals surface area contributed by atoms with Crippen molar-refractivity contribution in [1.82, 2.24) is 24.6 Å². The third-order valence-electron chi connectivity index (χ3n) is 4.00. The van der Waals surface area contributed by atoms with E-state index in [1.54, 1.807) is 23.4 Å². The van der Waals surface area contributed by atoms with Crippen molar-refractivity contribution in [2.24, 2.45) is 7.05 Å². The molecule has 1 aliphatic carbocycles. The van der Waals surface area contributed by atoms with Gasteiger partial charge in [0.1, 0.15) is 12.6 Å². The second kappa shape index (κ2) is 6.21. The standard InChI is InChI=1S/C15H21N5O2/c1-11-6-16-10-20(11)9-15(21)18-13-4-3-5-14(13)22-12-7-17-19(2)8-12/h6-8,10,13-14H,3-5,9H2,1-2H3,(H,18,21)/t13-,14+/m0/s1. The summed E-state index contributed by atoms with van der Waals surface area (Å²) >= 11 is 0. The molecule has 0 unspecified atom stereocenters. The molecule has 1 fully saturated rings. The van der Waals surface area contributed by atoms with Crippen LogP contribution in [0, 0.1) is 6.92 Å². The molecule has 0 radical (unpaired) electrons. The summed E-state index contributed by atoms with van der Waals surface area (Å²) in [4.78, 5) is 16.2. The van der Waals surface area contributed by atoms with Gasteiger partial charge < -0.3 is 14.6 Å². The van der Waals surface area contributed by atoms with Crippen molar-refractivity contribution in [2.45, 2.75) is 44.9 Å². The van der Waals surface area contributed by atoms with Crippen LogP contribution in [0.1, 0.15) is 25.0 Å². The summed E-state index contributed by atoms with van der Waals surface area (Å²) in [7, 11) is 1.86. The Kier molecular flexibility index (Phi) is 4.13. The molecule has 1 saturated carbocycles. The number of imidazole rings is 1. The highest BCUT2D eigenvalue weighted by atomic mass is 16.5. The van der Waals surface area contributed by atoms with E-state index in [1.165, 1.54) is 0 Å². The van der Waals surface area contributed by atoms with Crippen LogP contribution in [0.3, 0.4) is 0 Å². The third-order valence-corrected chi connectivity index (χ3v) is 4.00. The maximum absolute atomic E-state index is 12.2. The Bertz CT molecular complexity index is 648. The number of hydrogen-bond donors (Lipinski definition) is 1. The fourth-order valence-electron chi connectivity index (χ4n) is 2.83. The topological polar surface area (TPSA) is 74.0 Å². The maximum Gasteiger partial charge on any atom is 0.240 e. The Morgan fingerprint density at radius 3 is 3.00 bits per heavy atom. The van der Waals surface area contributed by atoms with Crippen LogP contribution in [0.15, 0.2) is 24.9 Å². The minimum absolute atomic E-state index is 0.00668. The van der Waals surface area contributed by atoms with Crippen LogP contribution in [-0.2, 0) is 18.4 Å². The number of amides is 1. The predicted molar refractivity (Wildman–Crippen MR) is 80.4 cm³/mol. The molecule has 118 valence electrons. The van der Waals surface area contributed by atoms with Gasteiger partial charge >= 0.3 is 0 Å². The van der Waals surface area contributed by atoms with Crippen LogP contribution < -0.4 is 10.1 Å². The summed E-state index contributed by atoms with van der Waals surface area (Å²) < 4.78 is 9.49. The van der Waals surface area contributed by atoms with Gasteiger partial charge in [-0.2, -0.15) is 5.10 Å². The molecular weight excluding hydrogens is 282 g/mol. The lowest BCUT2D eigenvalue weighted by molar-refractivity contribution is -0.122. The van der Waals surface area contributed by atoms with Gasteiger partial charge in [-0.1, -0.05) is 0 Å². The van der Waals surface area contributed by atoms with Gasteiger partial charge in [0, 0.05) is 18.9 Å². The maximum atomic E-state index is 12.2. The average Bonchev–Trinajstić information content (AvgIpc) is 3.16. The molecule has 1 N–H and O–H groups in total. The normalized spacial score (nSPS) is 21.0. The minimum Gasteiger partial charge on any atom is -0.485 e. The van der Waals surface area contributed by atoms with E-state index in [0.717, 1.165) is 30.7 Å². The molecule has 2 aromatic heterocycles. The number of ether oxygens (including phenoxy) is 1. The minimum atomic E-state index is -0.00668. The van der Waals surface area contributed by atoms with Crippen molar-refractivity contribution < 1.29 is 9.53 Å². The third kappa shape index (κ3) is 3.29. The van der Waals surface area contributed by atoms with Crippen molar-refractivity contribution in [2.75, 3.05) is 0 Å². The summed E-state index contributed by atoms with van der Waals surface area (Å²) in [5.74, 6) is 0.742. The monoisotopic (exact) mass is 303 g/mol. The van der Waals surface area contributed by atoms with Crippen molar-refractivity contribution >= 4 is 5.91 Å². The summed E-state index contributed by atoms with van der Waals surface area (Å²) in [6.45, 7) is 2.23. The molecule has 0 spiro atoms. The first kappa shape index (κ1) is 14.6. The summed E-state index contributed by atoms with van der Waals surface area (Å²) in [6, 6.07) is 0.0523. The molecule has 2 aromatic rings. The quantitative estimate of drug-likeness (QED) is 0.895. The van der Waals surface area contributed by atoms with Gasteiger partial charge in [-0.3, -0.25) is 9.48 Å². The zero-order valence-corrected chi connectivity index (χ0v) is 12.9. The first-order valence-electron chi connectivity index (χ1n) is 7.53. The molecule has 7 nitrogen and oxygen atoms in total. The fraction of sp³-hybridized carbons (Fsp3) is 0.533. The molecule has 0 aromatic carbocycles. The van der Waals surface area contributed by atoms with E-state index >= 15 is 0 Å². The Labute approximate surface area is 129 Å². The van der Waals surface area contributed by atoms with Gasteiger partial charge in [0.25, 0.3) is 0 Å². The van der Waals surface area contributed by atoms with Gasteiger partial charge in [-0.05, 0) is 26.2 Å². The fourth-order valence-corrected chi connectivity index (χ4v) is 2.83. The van der Waals surface area contributed by atoms with E-state index < -0.39 is 0 Å². The number of nitrogens with zero attached hydrogens (tertiary/aromatic N) is 4. The lowest BCUT2D eigenvalue weighted by Gasteiger charge is -2.21. The predicted octanol–water partition coefficient (Wildman–Crippen LogP) is 1.04. The van der Waals surface area contributed by atoms with Crippen molar-refractivity contribution in [3.8, 4) is 5.75 Å². The second-order valence-electron chi connectivity index (χ2n) is 5.77. The molecule has 1 amide bonds. The lowest BCUT2D eigenvalue weighted by atomic mass is 10.2. The number of aromatic nitrogens is 4. The highest BCUT2D eigenvalue weighted by Crippen LogP contribution is 2.24. The number of nitrogens with one attached hydrogen (secondary N) is 1. The molecule has 0 saturated heterocycles. The van der Waals surface area contributed by atoms with E-state index in [1.807, 2.05) is 24.7 Å². The molecule has 0 aliphatic heterocycles. The van der Waals surface area contributed by atoms with Gasteiger partial charge in [0.2, 0.25) is 5.91 Å². The average molecular weight is 303 g/mol. The Hall–Kier alpha value is -2.31. The number of rotatable bonds is 5. The lowest BCUT2D eigenvalue weighted by Crippen LogP contribution is -2.43. The van der Waals surface area contributed by atoms with Crippen LogP contribution >= 0.6 is 0 Å². The summed E-state index contributed by atoms with van der Waals surface area (Å²) in [5, 5.41) is 7.18. The van der Waals surface area contributed by atoms with E-state index in [9.17, 15) is 4.79 Å². The zero-order chi connectivity index (χ0) is 15.5. The SMILES string of the molecule is Cc1cncn1CC(=O)N[C@H]1CCC[C@H]1Oc1cnn(C)c1. The van der Waals surface area contributed by atoms with Crippen molar-refractivity contribution in [1.29, 1.82) is 0 Å². The van der Waals surface area contributed by atoms with Crippen LogP contribution in [0.5, 0.6) is 5.75 Å². The molecule has 2 atom stereocenters. The van der Waals surface area contributed by atoms with Gasteiger partial charge in [-0.25, -0.2) is 4.98 Å². The van der Waals surface area contributed by atoms with E-state index in [2.05, 4.69) is 15.4 Å². The molecule has 2 heterocycles. The van der Waals surface area contributed by atoms with Gasteiger partial charge in [0.15, 0.2) is 5.75 Å². The van der Waals surface area contributed by atoms with E-state index in [0.29, 0.717) is 6.54 Å². The van der Waals surface area contributed by atoms with Crippen LogP contribution in [0.25, 0.3) is 0 Å². The first-order valence-corrected chi connectivity index (χ1v) is 7.53. The Balaban J connectivity index is 1.56. The van der Waals surface area contributed by atoms with Crippen LogP contribution in [0.2, 0.25) is 0 Å². The molecular formula is C15H21N5O2. The number of carbonyl (C=O) groups is 1. The largest absolute Gasteiger partial charge is 0.485 e. The molecule has 7 heteroatoms.